The van der Waals surface area contributed by atoms with Gasteiger partial charge in [-0.2, -0.15) is 0 Å². The van der Waals surface area contributed by atoms with Gasteiger partial charge in [-0.15, -0.1) is 0 Å². The molecule has 0 aliphatic rings. The first-order valence-electron chi connectivity index (χ1n) is 5.32. The average molecular weight is 256 g/mol. The zero-order valence-electron chi connectivity index (χ0n) is 10.2. The molecular formula is C9H16N6O3. The maximum Gasteiger partial charge on any atom is 0.354 e. The van der Waals surface area contributed by atoms with E-state index in [1.807, 2.05) is 6.92 Å². The van der Waals surface area contributed by atoms with Crippen LogP contribution in [-0.2, 0) is 0 Å². The molecule has 5 N–H and O–H groups in total. The summed E-state index contributed by atoms with van der Waals surface area (Å²) in [4.78, 5) is 17.8. The van der Waals surface area contributed by atoms with Crippen molar-refractivity contribution in [2.45, 2.75) is 25.8 Å². The number of aliphatic hydroxyl groups excluding tert-OH is 1. The number of aromatic nitrogens is 2. The molecule has 9 heteroatoms. The van der Waals surface area contributed by atoms with Crippen molar-refractivity contribution in [3.05, 3.63) is 16.4 Å². The minimum absolute atomic E-state index is 0.0151. The first kappa shape index (κ1) is 14.1. The van der Waals surface area contributed by atoms with E-state index in [2.05, 4.69) is 20.7 Å². The highest BCUT2D eigenvalue weighted by molar-refractivity contribution is 5.69. The molecule has 0 radical (unpaired) electrons. The van der Waals surface area contributed by atoms with Gasteiger partial charge in [0.25, 0.3) is 0 Å². The predicted molar refractivity (Wildman–Crippen MR) is 65.9 cm³/mol. The second-order valence-corrected chi connectivity index (χ2v) is 4.02. The van der Waals surface area contributed by atoms with Crippen molar-refractivity contribution in [1.29, 1.82) is 0 Å². The standard InChI is InChI=1S/C9H16N6O3/c1-3-9(2,4-16)13-7-6(15(17)18)8(14-10)12-5-11-7/h5,16H,3-4,10H2,1-2H3,(H2,11,12,13,14). The van der Waals surface area contributed by atoms with Gasteiger partial charge in [0, 0.05) is 0 Å². The van der Waals surface area contributed by atoms with Crippen molar-refractivity contribution >= 4 is 17.3 Å². The molecule has 1 rings (SSSR count). The van der Waals surface area contributed by atoms with Crippen LogP contribution in [0.3, 0.4) is 0 Å². The van der Waals surface area contributed by atoms with Crippen LogP contribution in [0.2, 0.25) is 0 Å². The third kappa shape index (κ3) is 2.81. The molecule has 0 amide bonds. The number of hydrogen-bond donors (Lipinski definition) is 4. The Bertz CT molecular complexity index is 434. The zero-order chi connectivity index (χ0) is 13.8. The van der Waals surface area contributed by atoms with Crippen LogP contribution in [0.5, 0.6) is 0 Å². The van der Waals surface area contributed by atoms with Gasteiger partial charge in [-0.1, -0.05) is 6.92 Å². The second-order valence-electron chi connectivity index (χ2n) is 4.02. The number of nitrogen functional groups attached to an aromatic ring is 1. The van der Waals surface area contributed by atoms with Gasteiger partial charge in [0.05, 0.1) is 17.1 Å². The molecule has 0 aliphatic heterocycles. The maximum absolute atomic E-state index is 11.0. The summed E-state index contributed by atoms with van der Waals surface area (Å²) < 4.78 is 0. The van der Waals surface area contributed by atoms with Crippen LogP contribution < -0.4 is 16.6 Å². The Balaban J connectivity index is 3.20. The van der Waals surface area contributed by atoms with E-state index in [0.717, 1.165) is 6.33 Å². The van der Waals surface area contributed by atoms with Gasteiger partial charge >= 0.3 is 5.69 Å². The van der Waals surface area contributed by atoms with Gasteiger partial charge in [0.2, 0.25) is 11.6 Å². The minimum Gasteiger partial charge on any atom is -0.394 e. The Morgan fingerprint density at radius 3 is 2.61 bits per heavy atom. The third-order valence-corrected chi connectivity index (χ3v) is 2.69. The van der Waals surface area contributed by atoms with E-state index >= 15 is 0 Å². The predicted octanol–water partition coefficient (Wildman–Crippen LogP) is 0.243. The normalized spacial score (nSPS) is 13.8. The van der Waals surface area contributed by atoms with E-state index in [1.165, 1.54) is 0 Å². The van der Waals surface area contributed by atoms with Crippen molar-refractivity contribution < 1.29 is 10.0 Å². The van der Waals surface area contributed by atoms with E-state index < -0.39 is 10.5 Å². The fraction of sp³-hybridized carbons (Fsp3) is 0.556. The lowest BCUT2D eigenvalue weighted by molar-refractivity contribution is -0.383. The molecule has 0 aromatic carbocycles. The summed E-state index contributed by atoms with van der Waals surface area (Å²) in [7, 11) is 0. The number of hydrazine groups is 1. The number of nitrogens with two attached hydrogens (primary N) is 1. The van der Waals surface area contributed by atoms with Crippen LogP contribution in [0.4, 0.5) is 17.3 Å². The van der Waals surface area contributed by atoms with E-state index in [0.29, 0.717) is 6.42 Å². The largest absolute Gasteiger partial charge is 0.394 e. The molecule has 100 valence electrons. The number of hydrogen-bond acceptors (Lipinski definition) is 8. The summed E-state index contributed by atoms with van der Waals surface area (Å²) in [6, 6.07) is 0. The molecule has 0 spiro atoms. The molecule has 1 atom stereocenters. The Labute approximate surface area is 104 Å². The summed E-state index contributed by atoms with van der Waals surface area (Å²) in [5.41, 5.74) is 1.09. The average Bonchev–Trinajstić information content (AvgIpc) is 2.37. The van der Waals surface area contributed by atoms with Crippen molar-refractivity contribution in [1.82, 2.24) is 9.97 Å². The highest BCUT2D eigenvalue weighted by Crippen LogP contribution is 2.30. The van der Waals surface area contributed by atoms with Crippen LogP contribution in [0.1, 0.15) is 20.3 Å². The maximum atomic E-state index is 11.0. The van der Waals surface area contributed by atoms with Crippen molar-refractivity contribution in [3.8, 4) is 0 Å². The Kier molecular flexibility index (Phi) is 4.34. The highest BCUT2D eigenvalue weighted by atomic mass is 16.6. The number of rotatable bonds is 6. The van der Waals surface area contributed by atoms with E-state index in [9.17, 15) is 15.2 Å². The molecule has 1 unspecified atom stereocenters. The second kappa shape index (κ2) is 5.56. The molecule has 0 bridgehead atoms. The fourth-order valence-corrected chi connectivity index (χ4v) is 1.27. The molecule has 9 nitrogen and oxygen atoms in total. The smallest absolute Gasteiger partial charge is 0.354 e. The fourth-order valence-electron chi connectivity index (χ4n) is 1.27. The number of aliphatic hydroxyl groups is 1. The lowest BCUT2D eigenvalue weighted by Gasteiger charge is -2.27. The number of nitrogens with one attached hydrogen (secondary N) is 2. The first-order chi connectivity index (χ1) is 8.47. The van der Waals surface area contributed by atoms with Crippen molar-refractivity contribution in [3.63, 3.8) is 0 Å². The molecule has 0 fully saturated rings. The molecule has 18 heavy (non-hydrogen) atoms. The summed E-state index contributed by atoms with van der Waals surface area (Å²) >= 11 is 0. The lowest BCUT2D eigenvalue weighted by atomic mass is 10.0. The summed E-state index contributed by atoms with van der Waals surface area (Å²) in [6.45, 7) is 3.39. The number of nitro groups is 1. The van der Waals surface area contributed by atoms with Crippen LogP contribution in [0.15, 0.2) is 6.33 Å². The number of anilines is 2. The van der Waals surface area contributed by atoms with Gasteiger partial charge in [-0.25, -0.2) is 15.8 Å². The molecule has 0 saturated carbocycles. The van der Waals surface area contributed by atoms with Crippen molar-refractivity contribution in [2.75, 3.05) is 17.3 Å². The Hall–Kier alpha value is -2.00. The zero-order valence-corrected chi connectivity index (χ0v) is 10.2. The summed E-state index contributed by atoms with van der Waals surface area (Å²) in [6.07, 6.45) is 1.72. The molecular weight excluding hydrogens is 240 g/mol. The van der Waals surface area contributed by atoms with Gasteiger partial charge in [-0.05, 0) is 13.3 Å². The van der Waals surface area contributed by atoms with Gasteiger partial charge in [0.1, 0.15) is 6.33 Å². The molecule has 1 heterocycles. The summed E-state index contributed by atoms with van der Waals surface area (Å²) in [5.74, 6) is 5.09. The van der Waals surface area contributed by atoms with Crippen LogP contribution in [0, 0.1) is 10.1 Å². The Morgan fingerprint density at radius 1 is 1.56 bits per heavy atom. The van der Waals surface area contributed by atoms with Crippen molar-refractivity contribution in [2.24, 2.45) is 5.84 Å². The first-order valence-corrected chi connectivity index (χ1v) is 5.32. The lowest BCUT2D eigenvalue weighted by Crippen LogP contribution is -2.38. The number of nitrogens with zero attached hydrogens (tertiary/aromatic N) is 3. The van der Waals surface area contributed by atoms with E-state index in [1.54, 1.807) is 6.92 Å². The third-order valence-electron chi connectivity index (χ3n) is 2.69. The van der Waals surface area contributed by atoms with Crippen LogP contribution in [0.25, 0.3) is 0 Å². The molecule has 1 aromatic heterocycles. The highest BCUT2D eigenvalue weighted by Gasteiger charge is 2.28. The van der Waals surface area contributed by atoms with Gasteiger partial charge in [0.15, 0.2) is 0 Å². The van der Waals surface area contributed by atoms with E-state index in [4.69, 9.17) is 5.84 Å². The van der Waals surface area contributed by atoms with Crippen LogP contribution in [-0.4, -0.2) is 32.1 Å². The molecule has 0 aliphatic carbocycles. The quantitative estimate of drug-likeness (QED) is 0.322. The monoisotopic (exact) mass is 256 g/mol. The van der Waals surface area contributed by atoms with Gasteiger partial charge in [-0.3, -0.25) is 10.1 Å². The topological polar surface area (TPSA) is 139 Å². The van der Waals surface area contributed by atoms with Crippen LogP contribution >= 0.6 is 0 Å². The Morgan fingerprint density at radius 2 is 2.17 bits per heavy atom. The van der Waals surface area contributed by atoms with Gasteiger partial charge < -0.3 is 15.8 Å². The van der Waals surface area contributed by atoms with E-state index in [-0.39, 0.29) is 23.9 Å². The molecule has 1 aromatic rings. The minimum atomic E-state index is -0.703. The summed E-state index contributed by atoms with van der Waals surface area (Å²) in [5, 5.41) is 23.1. The molecule has 0 saturated heterocycles. The SMILES string of the molecule is CCC(C)(CO)Nc1ncnc(NN)c1[N+](=O)[O-].